The molecule has 0 saturated heterocycles. The van der Waals surface area contributed by atoms with Crippen LogP contribution in [0.25, 0.3) is 0 Å². The molecular weight excluding hydrogens is 336 g/mol. The first-order valence-corrected chi connectivity index (χ1v) is 13.4. The summed E-state index contributed by atoms with van der Waals surface area (Å²) >= 11 is 0. The molecule has 4 saturated carbocycles. The van der Waals surface area contributed by atoms with Crippen molar-refractivity contribution in [2.45, 2.75) is 129 Å². The molecule has 0 heteroatoms. The number of allylic oxidation sites excluding steroid dienone is 2. The third-order valence-corrected chi connectivity index (χ3v) is 9.66. The van der Waals surface area contributed by atoms with E-state index in [1.165, 1.54) is 89.9 Å². The molecule has 0 amide bonds. The zero-order valence-electron chi connectivity index (χ0n) is 19.2. The van der Waals surface area contributed by atoms with Crippen molar-refractivity contribution in [3.63, 3.8) is 0 Å². The Balaban J connectivity index is 1.43. The van der Waals surface area contributed by atoms with Crippen LogP contribution in [0.3, 0.4) is 0 Å². The van der Waals surface area contributed by atoms with Gasteiger partial charge in [0.25, 0.3) is 0 Å². The van der Waals surface area contributed by atoms with E-state index in [0.29, 0.717) is 0 Å². The highest BCUT2D eigenvalue weighted by Crippen LogP contribution is 2.48. The lowest BCUT2D eigenvalue weighted by atomic mass is 9.65. The van der Waals surface area contributed by atoms with Gasteiger partial charge in [-0.05, 0) is 107 Å². The average molecular weight is 385 g/mol. The molecule has 4 fully saturated rings. The highest BCUT2D eigenvalue weighted by Gasteiger charge is 2.34. The van der Waals surface area contributed by atoms with Crippen molar-refractivity contribution in [1.29, 1.82) is 0 Å². The van der Waals surface area contributed by atoms with Gasteiger partial charge in [0.1, 0.15) is 0 Å². The molecular formula is C28H48. The van der Waals surface area contributed by atoms with Crippen molar-refractivity contribution in [2.75, 3.05) is 0 Å². The minimum atomic E-state index is 0.947. The fourth-order valence-corrected chi connectivity index (χ4v) is 7.82. The molecule has 0 bridgehead atoms. The summed E-state index contributed by atoms with van der Waals surface area (Å²) in [6.45, 7) is 5.07. The molecule has 0 radical (unpaired) electrons. The Morgan fingerprint density at radius 1 is 0.464 bits per heavy atom. The first-order valence-electron chi connectivity index (χ1n) is 13.4. The summed E-state index contributed by atoms with van der Waals surface area (Å²) in [6.07, 6.45) is 27.3. The summed E-state index contributed by atoms with van der Waals surface area (Å²) in [7, 11) is 0. The van der Waals surface area contributed by atoms with Gasteiger partial charge in [-0.1, -0.05) is 69.4 Å². The third kappa shape index (κ3) is 5.07. The fraction of sp³-hybridized carbons (Fsp3) is 0.929. The third-order valence-electron chi connectivity index (χ3n) is 9.66. The second kappa shape index (κ2) is 10.2. The lowest BCUT2D eigenvalue weighted by molar-refractivity contribution is 0.153. The molecule has 0 aromatic rings. The molecule has 0 aromatic heterocycles. The molecule has 0 N–H and O–H groups in total. The average Bonchev–Trinajstić information content (AvgIpc) is 2.76. The van der Waals surface area contributed by atoms with Gasteiger partial charge in [-0.15, -0.1) is 0 Å². The Labute approximate surface area is 176 Å². The minimum absolute atomic E-state index is 0.947. The number of hydrogen-bond donors (Lipinski definition) is 0. The first-order chi connectivity index (χ1) is 13.7. The summed E-state index contributed by atoms with van der Waals surface area (Å²) in [6, 6.07) is 0. The molecule has 0 spiro atoms. The maximum Gasteiger partial charge on any atom is -0.0198 e. The molecule has 0 heterocycles. The fourth-order valence-electron chi connectivity index (χ4n) is 7.82. The van der Waals surface area contributed by atoms with E-state index in [2.05, 4.69) is 13.8 Å². The van der Waals surface area contributed by atoms with Gasteiger partial charge in [-0.3, -0.25) is 0 Å². The summed E-state index contributed by atoms with van der Waals surface area (Å²) in [5.41, 5.74) is 3.93. The van der Waals surface area contributed by atoms with E-state index in [9.17, 15) is 0 Å². The van der Waals surface area contributed by atoms with Crippen LogP contribution in [0.5, 0.6) is 0 Å². The van der Waals surface area contributed by atoms with Gasteiger partial charge in [-0.2, -0.15) is 0 Å². The summed E-state index contributed by atoms with van der Waals surface area (Å²) < 4.78 is 0. The van der Waals surface area contributed by atoms with Crippen molar-refractivity contribution >= 4 is 0 Å². The van der Waals surface area contributed by atoms with Crippen molar-refractivity contribution in [3.8, 4) is 0 Å². The first kappa shape index (κ1) is 21.0. The molecule has 4 rings (SSSR count). The maximum absolute atomic E-state index is 2.59. The van der Waals surface area contributed by atoms with Gasteiger partial charge in [0.15, 0.2) is 0 Å². The van der Waals surface area contributed by atoms with Gasteiger partial charge in [0.05, 0.1) is 0 Å². The zero-order valence-corrected chi connectivity index (χ0v) is 19.2. The van der Waals surface area contributed by atoms with Crippen LogP contribution >= 0.6 is 0 Å². The van der Waals surface area contributed by atoms with Crippen LogP contribution in [0, 0.1) is 35.5 Å². The smallest absolute Gasteiger partial charge is 0.0198 e. The SMILES string of the molecule is C/C(=C(\C1CCCCC1)C1CCC(C2CCC(C)CC2)CC1)C1CCCCC1. The molecule has 4 aliphatic rings. The number of rotatable bonds is 4. The van der Waals surface area contributed by atoms with E-state index in [4.69, 9.17) is 0 Å². The van der Waals surface area contributed by atoms with Crippen LogP contribution in [-0.4, -0.2) is 0 Å². The van der Waals surface area contributed by atoms with E-state index in [-0.39, 0.29) is 0 Å². The van der Waals surface area contributed by atoms with Crippen LogP contribution in [0.1, 0.15) is 129 Å². The standard InChI is InChI=1S/C28H48/c1-21-13-15-24(16-14-21)25-17-19-27(20-18-25)28(26-11-7-4-8-12-26)22(2)23-9-5-3-6-10-23/h21,23-27H,3-20H2,1-2H3/b28-22-. The van der Waals surface area contributed by atoms with E-state index in [0.717, 1.165) is 35.5 Å². The summed E-state index contributed by atoms with van der Waals surface area (Å²) in [4.78, 5) is 0. The predicted molar refractivity (Wildman–Crippen MR) is 122 cm³/mol. The normalized spacial score (nSPS) is 37.5. The topological polar surface area (TPSA) is 0 Å². The lowest BCUT2D eigenvalue weighted by Crippen LogP contribution is -2.28. The van der Waals surface area contributed by atoms with Gasteiger partial charge in [0.2, 0.25) is 0 Å². The zero-order chi connectivity index (χ0) is 19.3. The van der Waals surface area contributed by atoms with Gasteiger partial charge >= 0.3 is 0 Å². The highest BCUT2D eigenvalue weighted by molar-refractivity contribution is 5.22. The van der Waals surface area contributed by atoms with E-state index >= 15 is 0 Å². The summed E-state index contributed by atoms with van der Waals surface area (Å²) in [5, 5.41) is 0. The highest BCUT2D eigenvalue weighted by atomic mass is 14.4. The molecule has 160 valence electrons. The van der Waals surface area contributed by atoms with Gasteiger partial charge in [-0.25, -0.2) is 0 Å². The largest absolute Gasteiger partial charge is 0.0705 e. The molecule has 0 nitrogen and oxygen atoms in total. The predicted octanol–water partition coefficient (Wildman–Crippen LogP) is 9.10. The summed E-state index contributed by atoms with van der Waals surface area (Å²) in [5.74, 6) is 6.04. The van der Waals surface area contributed by atoms with Crippen molar-refractivity contribution in [3.05, 3.63) is 11.1 Å². The molecule has 0 aliphatic heterocycles. The second-order valence-electron chi connectivity index (χ2n) is 11.4. The van der Waals surface area contributed by atoms with E-state index in [1.807, 2.05) is 11.1 Å². The van der Waals surface area contributed by atoms with Crippen molar-refractivity contribution in [2.24, 2.45) is 35.5 Å². The Hall–Kier alpha value is -0.260. The molecule has 0 atom stereocenters. The van der Waals surface area contributed by atoms with Crippen molar-refractivity contribution < 1.29 is 0 Å². The molecule has 4 aliphatic carbocycles. The van der Waals surface area contributed by atoms with Crippen LogP contribution in [-0.2, 0) is 0 Å². The lowest BCUT2D eigenvalue weighted by Gasteiger charge is -2.41. The minimum Gasteiger partial charge on any atom is -0.0705 e. The quantitative estimate of drug-likeness (QED) is 0.424. The Bertz CT molecular complexity index is 486. The Kier molecular flexibility index (Phi) is 7.62. The van der Waals surface area contributed by atoms with E-state index in [1.54, 1.807) is 25.7 Å². The number of hydrogen-bond acceptors (Lipinski definition) is 0. The molecule has 28 heavy (non-hydrogen) atoms. The monoisotopic (exact) mass is 384 g/mol. The maximum atomic E-state index is 2.59. The van der Waals surface area contributed by atoms with Crippen LogP contribution in [0.2, 0.25) is 0 Å². The second-order valence-corrected chi connectivity index (χ2v) is 11.4. The Morgan fingerprint density at radius 3 is 1.43 bits per heavy atom. The van der Waals surface area contributed by atoms with Gasteiger partial charge in [0, 0.05) is 0 Å². The van der Waals surface area contributed by atoms with Crippen LogP contribution in [0.15, 0.2) is 11.1 Å². The molecule has 0 unspecified atom stereocenters. The van der Waals surface area contributed by atoms with Crippen LogP contribution < -0.4 is 0 Å². The van der Waals surface area contributed by atoms with Gasteiger partial charge < -0.3 is 0 Å². The molecule has 0 aromatic carbocycles. The van der Waals surface area contributed by atoms with Crippen molar-refractivity contribution in [1.82, 2.24) is 0 Å². The van der Waals surface area contributed by atoms with Crippen LogP contribution in [0.4, 0.5) is 0 Å². The van der Waals surface area contributed by atoms with E-state index < -0.39 is 0 Å². The Morgan fingerprint density at radius 2 is 0.893 bits per heavy atom.